The molecule has 0 aliphatic heterocycles. The van der Waals surface area contributed by atoms with Crippen molar-refractivity contribution in [3.8, 4) is 0 Å². The highest BCUT2D eigenvalue weighted by Crippen LogP contribution is 1.91. The molecule has 0 saturated carbocycles. The molecule has 0 unspecified atom stereocenters. The van der Waals surface area contributed by atoms with Crippen molar-refractivity contribution < 1.29 is 9.13 Å². The van der Waals surface area contributed by atoms with E-state index in [1.165, 1.54) is 12.5 Å². The van der Waals surface area contributed by atoms with Gasteiger partial charge in [-0.2, -0.15) is 4.39 Å². The Morgan fingerprint density at radius 2 is 2.25 bits per heavy atom. The Morgan fingerprint density at radius 1 is 1.58 bits per heavy atom. The number of nitrogens with zero attached hydrogens (tertiary/aromatic N) is 2. The molecular weight excluding hydrogens is 159 g/mol. The van der Waals surface area contributed by atoms with Gasteiger partial charge in [0.15, 0.2) is 0 Å². The molecule has 0 atom stereocenters. The van der Waals surface area contributed by atoms with Gasteiger partial charge >= 0.3 is 0 Å². The van der Waals surface area contributed by atoms with E-state index in [4.69, 9.17) is 4.74 Å². The normalized spacial score (nSPS) is 9.00. The van der Waals surface area contributed by atoms with Crippen LogP contribution >= 0.6 is 0 Å². The van der Waals surface area contributed by atoms with E-state index in [2.05, 4.69) is 4.98 Å². The molecule has 4 heteroatoms. The van der Waals surface area contributed by atoms with Gasteiger partial charge in [-0.3, -0.25) is 0 Å². The number of ether oxygens (including phenoxy) is 1. The molecule has 0 N–H and O–H groups in total. The minimum absolute atomic E-state index is 0.448. The SMILES string of the molecule is CC.COCCn1cnc(F)c1. The maximum absolute atomic E-state index is 12.2. The Morgan fingerprint density at radius 3 is 2.67 bits per heavy atom. The average molecular weight is 174 g/mol. The third-order valence-electron chi connectivity index (χ3n) is 1.16. The van der Waals surface area contributed by atoms with E-state index in [0.29, 0.717) is 13.2 Å². The van der Waals surface area contributed by atoms with E-state index in [9.17, 15) is 4.39 Å². The highest BCUT2D eigenvalue weighted by atomic mass is 19.1. The van der Waals surface area contributed by atoms with Crippen molar-refractivity contribution >= 4 is 0 Å². The lowest BCUT2D eigenvalue weighted by Crippen LogP contribution is -2.00. The Bertz CT molecular complexity index is 201. The van der Waals surface area contributed by atoms with Crippen molar-refractivity contribution in [1.29, 1.82) is 0 Å². The molecule has 0 aliphatic rings. The van der Waals surface area contributed by atoms with Crippen LogP contribution in [0.5, 0.6) is 0 Å². The number of hydrogen-bond acceptors (Lipinski definition) is 2. The second kappa shape index (κ2) is 6.79. The molecule has 0 fully saturated rings. The van der Waals surface area contributed by atoms with Crippen molar-refractivity contribution in [2.24, 2.45) is 0 Å². The summed E-state index contributed by atoms with van der Waals surface area (Å²) in [6, 6.07) is 0. The molecule has 1 rings (SSSR count). The molecule has 1 heterocycles. The van der Waals surface area contributed by atoms with Crippen LogP contribution in [0.1, 0.15) is 13.8 Å². The molecule has 3 nitrogen and oxygen atoms in total. The zero-order chi connectivity index (χ0) is 9.40. The van der Waals surface area contributed by atoms with Crippen LogP contribution in [0, 0.1) is 5.95 Å². The van der Waals surface area contributed by atoms with Crippen LogP contribution in [0.15, 0.2) is 12.5 Å². The van der Waals surface area contributed by atoms with E-state index in [1.54, 1.807) is 11.7 Å². The van der Waals surface area contributed by atoms with Gasteiger partial charge in [0.2, 0.25) is 5.95 Å². The van der Waals surface area contributed by atoms with Gasteiger partial charge in [-0.1, -0.05) is 13.8 Å². The van der Waals surface area contributed by atoms with E-state index in [1.807, 2.05) is 13.8 Å². The molecule has 70 valence electrons. The number of aromatic nitrogens is 2. The summed E-state index contributed by atoms with van der Waals surface area (Å²) in [5.41, 5.74) is 0. The molecule has 0 aromatic carbocycles. The number of halogens is 1. The quantitative estimate of drug-likeness (QED) is 0.697. The minimum atomic E-state index is -0.448. The van der Waals surface area contributed by atoms with Crippen LogP contribution in [-0.2, 0) is 11.3 Å². The Balaban J connectivity index is 0.000000561. The summed E-state index contributed by atoms with van der Waals surface area (Å²) in [4.78, 5) is 3.41. The number of hydrogen-bond donors (Lipinski definition) is 0. The van der Waals surface area contributed by atoms with Gasteiger partial charge in [0.05, 0.1) is 19.1 Å². The maximum atomic E-state index is 12.2. The Labute approximate surface area is 72.2 Å². The molecule has 1 aromatic rings. The smallest absolute Gasteiger partial charge is 0.230 e. The van der Waals surface area contributed by atoms with E-state index in [0.717, 1.165) is 0 Å². The first kappa shape index (κ1) is 11.1. The van der Waals surface area contributed by atoms with Gasteiger partial charge in [0.1, 0.15) is 0 Å². The summed E-state index contributed by atoms with van der Waals surface area (Å²) in [5, 5.41) is 0. The van der Waals surface area contributed by atoms with E-state index >= 15 is 0 Å². The predicted octanol–water partition coefficient (Wildman–Crippen LogP) is 1.69. The molecule has 0 amide bonds. The molecular formula is C8H15FN2O. The van der Waals surface area contributed by atoms with Crippen LogP contribution in [0.4, 0.5) is 4.39 Å². The van der Waals surface area contributed by atoms with Crippen LogP contribution in [0.2, 0.25) is 0 Å². The Kier molecular flexibility index (Phi) is 6.28. The van der Waals surface area contributed by atoms with E-state index in [-0.39, 0.29) is 0 Å². The van der Waals surface area contributed by atoms with Gasteiger partial charge < -0.3 is 9.30 Å². The lowest BCUT2D eigenvalue weighted by atomic mass is 10.7. The molecule has 0 bridgehead atoms. The molecule has 0 saturated heterocycles. The van der Waals surface area contributed by atoms with Crippen LogP contribution in [-0.4, -0.2) is 23.3 Å². The van der Waals surface area contributed by atoms with Crippen molar-refractivity contribution in [2.45, 2.75) is 20.4 Å². The first-order chi connectivity index (χ1) is 5.83. The number of imidazole rings is 1. The zero-order valence-electron chi connectivity index (χ0n) is 7.75. The van der Waals surface area contributed by atoms with Gasteiger partial charge in [-0.05, 0) is 0 Å². The van der Waals surface area contributed by atoms with Crippen LogP contribution in [0.3, 0.4) is 0 Å². The highest BCUT2D eigenvalue weighted by molar-refractivity contribution is 4.77. The first-order valence-corrected chi connectivity index (χ1v) is 3.99. The lowest BCUT2D eigenvalue weighted by molar-refractivity contribution is 0.187. The molecule has 0 aliphatic carbocycles. The van der Waals surface area contributed by atoms with Gasteiger partial charge in [0, 0.05) is 13.7 Å². The first-order valence-electron chi connectivity index (χ1n) is 3.99. The average Bonchev–Trinajstić information content (AvgIpc) is 2.51. The fourth-order valence-electron chi connectivity index (χ4n) is 0.652. The molecule has 12 heavy (non-hydrogen) atoms. The van der Waals surface area contributed by atoms with Crippen molar-refractivity contribution in [2.75, 3.05) is 13.7 Å². The monoisotopic (exact) mass is 174 g/mol. The van der Waals surface area contributed by atoms with Crippen molar-refractivity contribution in [3.63, 3.8) is 0 Å². The third-order valence-corrected chi connectivity index (χ3v) is 1.16. The lowest BCUT2D eigenvalue weighted by Gasteiger charge is -1.97. The van der Waals surface area contributed by atoms with Crippen molar-refractivity contribution in [1.82, 2.24) is 9.55 Å². The molecule has 0 radical (unpaired) electrons. The topological polar surface area (TPSA) is 27.1 Å². The molecule has 0 spiro atoms. The van der Waals surface area contributed by atoms with Crippen LogP contribution in [0.25, 0.3) is 0 Å². The highest BCUT2D eigenvalue weighted by Gasteiger charge is 1.93. The summed E-state index contributed by atoms with van der Waals surface area (Å²) in [6.45, 7) is 5.23. The zero-order valence-corrected chi connectivity index (χ0v) is 7.75. The predicted molar refractivity (Wildman–Crippen MR) is 45.4 cm³/mol. The summed E-state index contributed by atoms with van der Waals surface area (Å²) < 4.78 is 18.6. The van der Waals surface area contributed by atoms with Gasteiger partial charge in [-0.25, -0.2) is 4.98 Å². The molecule has 1 aromatic heterocycles. The maximum Gasteiger partial charge on any atom is 0.230 e. The fraction of sp³-hybridized carbons (Fsp3) is 0.625. The van der Waals surface area contributed by atoms with Gasteiger partial charge in [0.25, 0.3) is 0 Å². The fourth-order valence-corrected chi connectivity index (χ4v) is 0.652. The largest absolute Gasteiger partial charge is 0.383 e. The van der Waals surface area contributed by atoms with Crippen LogP contribution < -0.4 is 0 Å². The van der Waals surface area contributed by atoms with E-state index < -0.39 is 5.95 Å². The third kappa shape index (κ3) is 4.08. The summed E-state index contributed by atoms with van der Waals surface area (Å²) in [5.74, 6) is -0.448. The number of methoxy groups -OCH3 is 1. The standard InChI is InChI=1S/C6H9FN2O.C2H6/c1-10-3-2-9-4-6(7)8-5-9;1-2/h4-5H,2-3H2,1H3;1-2H3. The summed E-state index contributed by atoms with van der Waals surface area (Å²) in [6.07, 6.45) is 2.77. The minimum Gasteiger partial charge on any atom is -0.383 e. The second-order valence-electron chi connectivity index (χ2n) is 1.93. The van der Waals surface area contributed by atoms with Gasteiger partial charge in [-0.15, -0.1) is 0 Å². The summed E-state index contributed by atoms with van der Waals surface area (Å²) in [7, 11) is 1.60. The summed E-state index contributed by atoms with van der Waals surface area (Å²) >= 11 is 0. The van der Waals surface area contributed by atoms with Crippen molar-refractivity contribution in [3.05, 3.63) is 18.5 Å². The second-order valence-corrected chi connectivity index (χ2v) is 1.93. The number of rotatable bonds is 3. The Hall–Kier alpha value is -0.900.